The van der Waals surface area contributed by atoms with Crippen LogP contribution in [0.1, 0.15) is 0 Å². The third-order valence-electron chi connectivity index (χ3n) is 1.96. The van der Waals surface area contributed by atoms with Crippen molar-refractivity contribution in [3.05, 3.63) is 54.1 Å². The number of phenolic OH excluding ortho intramolecular Hbond substituents is 1. The van der Waals surface area contributed by atoms with E-state index in [9.17, 15) is 8.78 Å². The van der Waals surface area contributed by atoms with Gasteiger partial charge < -0.3 is 5.11 Å². The van der Waals surface area contributed by atoms with Gasteiger partial charge in [-0.3, -0.25) is 0 Å². The zero-order valence-electron chi connectivity index (χ0n) is 8.15. The highest BCUT2D eigenvalue weighted by atomic mass is 32.2. The van der Waals surface area contributed by atoms with Crippen LogP contribution in [0.15, 0.2) is 52.3 Å². The Balaban J connectivity index is 2.20. The summed E-state index contributed by atoms with van der Waals surface area (Å²) in [6.07, 6.45) is 0. The van der Waals surface area contributed by atoms with Crippen LogP contribution in [0.5, 0.6) is 5.75 Å². The first-order valence-electron chi connectivity index (χ1n) is 4.57. The number of hydrogen-bond donors (Lipinski definition) is 1. The van der Waals surface area contributed by atoms with Crippen molar-refractivity contribution in [2.75, 3.05) is 0 Å². The molecule has 2 aromatic carbocycles. The van der Waals surface area contributed by atoms with E-state index < -0.39 is 11.6 Å². The fourth-order valence-electron chi connectivity index (χ4n) is 1.19. The lowest BCUT2D eigenvalue weighted by atomic mass is 10.3. The molecule has 0 saturated carbocycles. The summed E-state index contributed by atoms with van der Waals surface area (Å²) < 4.78 is 25.6. The molecular weight excluding hydrogens is 230 g/mol. The molecule has 2 aromatic rings. The Kier molecular flexibility index (Phi) is 3.10. The zero-order valence-corrected chi connectivity index (χ0v) is 8.97. The van der Waals surface area contributed by atoms with Gasteiger partial charge in [-0.15, -0.1) is 0 Å². The van der Waals surface area contributed by atoms with E-state index in [1.807, 2.05) is 0 Å². The lowest BCUT2D eigenvalue weighted by Gasteiger charge is -2.02. The summed E-state index contributed by atoms with van der Waals surface area (Å²) >= 11 is 1.30. The fourth-order valence-corrected chi connectivity index (χ4v) is 2.03. The number of halogens is 2. The number of benzene rings is 2. The minimum atomic E-state index is -0.858. The Morgan fingerprint density at radius 3 is 2.06 bits per heavy atom. The molecule has 0 bridgehead atoms. The second kappa shape index (κ2) is 4.53. The Morgan fingerprint density at radius 2 is 1.44 bits per heavy atom. The monoisotopic (exact) mass is 238 g/mol. The highest BCUT2D eigenvalue weighted by Crippen LogP contribution is 2.29. The van der Waals surface area contributed by atoms with E-state index in [2.05, 4.69) is 0 Å². The molecule has 0 spiro atoms. The Bertz CT molecular complexity index is 497. The summed E-state index contributed by atoms with van der Waals surface area (Å²) in [7, 11) is 0. The molecule has 1 N–H and O–H groups in total. The molecule has 0 aromatic heterocycles. The zero-order chi connectivity index (χ0) is 11.5. The summed E-state index contributed by atoms with van der Waals surface area (Å²) in [6.45, 7) is 0. The van der Waals surface area contributed by atoms with E-state index in [0.717, 1.165) is 17.0 Å². The summed E-state index contributed by atoms with van der Waals surface area (Å²) in [4.78, 5) is 1.47. The summed E-state index contributed by atoms with van der Waals surface area (Å²) in [5, 5.41) is 9.08. The van der Waals surface area contributed by atoms with Gasteiger partial charge in [-0.1, -0.05) is 11.8 Å². The number of aromatic hydroxyl groups is 1. The predicted octanol–water partition coefficient (Wildman–Crippen LogP) is 3.82. The minimum Gasteiger partial charge on any atom is -0.508 e. The van der Waals surface area contributed by atoms with Gasteiger partial charge >= 0.3 is 0 Å². The Morgan fingerprint density at radius 1 is 0.812 bits per heavy atom. The molecule has 0 fully saturated rings. The summed E-state index contributed by atoms with van der Waals surface area (Å²) in [5.41, 5.74) is 0. The van der Waals surface area contributed by atoms with Crippen LogP contribution >= 0.6 is 11.8 Å². The topological polar surface area (TPSA) is 20.2 Å². The van der Waals surface area contributed by atoms with E-state index in [1.54, 1.807) is 24.3 Å². The molecule has 0 aliphatic rings. The molecule has 0 aliphatic heterocycles. The average molecular weight is 238 g/mol. The van der Waals surface area contributed by atoms with Gasteiger partial charge in [0.05, 0.1) is 0 Å². The third-order valence-corrected chi connectivity index (χ3v) is 2.96. The number of phenols is 1. The molecule has 2 rings (SSSR count). The van der Waals surface area contributed by atoms with Gasteiger partial charge in [0.25, 0.3) is 0 Å². The molecule has 0 atom stereocenters. The van der Waals surface area contributed by atoms with Crippen molar-refractivity contribution in [3.63, 3.8) is 0 Å². The van der Waals surface area contributed by atoms with Crippen molar-refractivity contribution in [2.45, 2.75) is 9.79 Å². The van der Waals surface area contributed by atoms with Crippen molar-refractivity contribution < 1.29 is 13.9 Å². The lowest BCUT2D eigenvalue weighted by molar-refractivity contribution is 0.475. The minimum absolute atomic E-state index is 0.176. The highest BCUT2D eigenvalue weighted by Gasteiger charge is 2.03. The van der Waals surface area contributed by atoms with Gasteiger partial charge in [-0.2, -0.15) is 0 Å². The van der Waals surface area contributed by atoms with Crippen molar-refractivity contribution in [1.29, 1.82) is 0 Å². The maximum atomic E-state index is 12.9. The van der Waals surface area contributed by atoms with Crippen LogP contribution in [0.2, 0.25) is 0 Å². The van der Waals surface area contributed by atoms with Crippen molar-refractivity contribution in [2.24, 2.45) is 0 Å². The second-order valence-corrected chi connectivity index (χ2v) is 4.32. The maximum Gasteiger partial charge on any atom is 0.159 e. The van der Waals surface area contributed by atoms with Crippen molar-refractivity contribution >= 4 is 11.8 Å². The van der Waals surface area contributed by atoms with E-state index in [4.69, 9.17) is 5.11 Å². The van der Waals surface area contributed by atoms with Crippen LogP contribution < -0.4 is 0 Å². The highest BCUT2D eigenvalue weighted by molar-refractivity contribution is 7.99. The SMILES string of the molecule is Oc1ccc(Sc2ccc(F)c(F)c2)cc1. The van der Waals surface area contributed by atoms with Crippen LogP contribution in [-0.2, 0) is 0 Å². The van der Waals surface area contributed by atoms with Crippen molar-refractivity contribution in [1.82, 2.24) is 0 Å². The van der Waals surface area contributed by atoms with Crippen LogP contribution in [0.4, 0.5) is 8.78 Å². The number of rotatable bonds is 2. The molecule has 4 heteroatoms. The van der Waals surface area contributed by atoms with Gasteiger partial charge in [0, 0.05) is 9.79 Å². The van der Waals surface area contributed by atoms with E-state index in [-0.39, 0.29) is 5.75 Å². The average Bonchev–Trinajstić information content (AvgIpc) is 2.27. The van der Waals surface area contributed by atoms with E-state index >= 15 is 0 Å². The molecule has 0 unspecified atom stereocenters. The summed E-state index contributed by atoms with van der Waals surface area (Å²) in [5.74, 6) is -1.53. The fraction of sp³-hybridized carbons (Fsp3) is 0. The molecular formula is C12H8F2OS. The first-order valence-corrected chi connectivity index (χ1v) is 5.39. The molecule has 0 amide bonds. The Hall–Kier alpha value is -1.55. The number of hydrogen-bond acceptors (Lipinski definition) is 2. The molecule has 0 radical (unpaired) electrons. The van der Waals surface area contributed by atoms with Crippen LogP contribution in [0.3, 0.4) is 0 Å². The van der Waals surface area contributed by atoms with Crippen LogP contribution in [-0.4, -0.2) is 5.11 Å². The van der Waals surface area contributed by atoms with E-state index in [1.165, 1.54) is 17.8 Å². The smallest absolute Gasteiger partial charge is 0.159 e. The molecule has 0 aliphatic carbocycles. The first kappa shape index (κ1) is 11.0. The molecule has 0 saturated heterocycles. The third kappa shape index (κ3) is 2.52. The molecule has 1 nitrogen and oxygen atoms in total. The van der Waals surface area contributed by atoms with Crippen LogP contribution in [0.25, 0.3) is 0 Å². The molecule has 0 heterocycles. The van der Waals surface area contributed by atoms with Crippen molar-refractivity contribution in [3.8, 4) is 5.75 Å². The van der Waals surface area contributed by atoms with Gasteiger partial charge in [0.15, 0.2) is 11.6 Å². The lowest BCUT2D eigenvalue weighted by Crippen LogP contribution is -1.83. The first-order chi connectivity index (χ1) is 7.65. The molecule has 82 valence electrons. The standard InChI is InChI=1S/C12H8F2OS/c13-11-6-5-10(7-12(11)14)16-9-3-1-8(15)2-4-9/h1-7,15H. The maximum absolute atomic E-state index is 12.9. The predicted molar refractivity (Wildman–Crippen MR) is 58.6 cm³/mol. The van der Waals surface area contributed by atoms with Crippen LogP contribution in [0, 0.1) is 11.6 Å². The largest absolute Gasteiger partial charge is 0.508 e. The normalized spacial score (nSPS) is 10.4. The summed E-state index contributed by atoms with van der Waals surface area (Å²) in [6, 6.07) is 10.3. The van der Waals surface area contributed by atoms with Gasteiger partial charge in [0.2, 0.25) is 0 Å². The van der Waals surface area contributed by atoms with Gasteiger partial charge in [0.1, 0.15) is 5.75 Å². The second-order valence-electron chi connectivity index (χ2n) is 3.17. The van der Waals surface area contributed by atoms with Gasteiger partial charge in [-0.25, -0.2) is 8.78 Å². The quantitative estimate of drug-likeness (QED) is 0.858. The Labute approximate surface area is 95.7 Å². The van der Waals surface area contributed by atoms with Gasteiger partial charge in [-0.05, 0) is 42.5 Å². The van der Waals surface area contributed by atoms with E-state index in [0.29, 0.717) is 4.90 Å². The molecule has 16 heavy (non-hydrogen) atoms.